The summed E-state index contributed by atoms with van der Waals surface area (Å²) in [7, 11) is 1.63. The average Bonchev–Trinajstić information content (AvgIpc) is 2.51. The van der Waals surface area contributed by atoms with Crippen molar-refractivity contribution in [2.45, 2.75) is 52.4 Å². The summed E-state index contributed by atoms with van der Waals surface area (Å²) in [5, 5.41) is 0. The van der Waals surface area contributed by atoms with Gasteiger partial charge in [0.2, 0.25) is 0 Å². The third-order valence-electron chi connectivity index (χ3n) is 4.76. The quantitative estimate of drug-likeness (QED) is 0.758. The molecule has 2 rings (SSSR count). The number of ether oxygens (including phenoxy) is 1. The molecule has 1 fully saturated rings. The Hall–Kier alpha value is -1.35. The number of likely N-dealkylation sites (tertiary alicyclic amines) is 1. The minimum Gasteiger partial charge on any atom is -0.496 e. The second-order valence-corrected chi connectivity index (χ2v) is 7.89. The summed E-state index contributed by atoms with van der Waals surface area (Å²) >= 11 is 0. The van der Waals surface area contributed by atoms with Crippen molar-refractivity contribution in [2.24, 2.45) is 5.92 Å². The van der Waals surface area contributed by atoms with Gasteiger partial charge in [0, 0.05) is 19.5 Å². The van der Waals surface area contributed by atoms with E-state index in [1.54, 1.807) is 7.11 Å². The van der Waals surface area contributed by atoms with Crippen LogP contribution in [0.1, 0.15) is 62.9 Å². The molecule has 0 amide bonds. The van der Waals surface area contributed by atoms with Gasteiger partial charge >= 0.3 is 0 Å². The van der Waals surface area contributed by atoms with Gasteiger partial charge in [-0.3, -0.25) is 4.79 Å². The Kier molecular flexibility index (Phi) is 5.85. The van der Waals surface area contributed by atoms with Crippen LogP contribution in [0.3, 0.4) is 0 Å². The molecular formula is C20H31NO2. The molecule has 0 N–H and O–H groups in total. The lowest BCUT2D eigenvalue weighted by Crippen LogP contribution is -2.35. The maximum Gasteiger partial charge on any atom is 0.167 e. The van der Waals surface area contributed by atoms with Gasteiger partial charge in [-0.25, -0.2) is 0 Å². The highest BCUT2D eigenvalue weighted by Gasteiger charge is 2.21. The van der Waals surface area contributed by atoms with E-state index >= 15 is 0 Å². The molecular weight excluding hydrogens is 286 g/mol. The molecule has 1 aliphatic heterocycles. The number of rotatable bonds is 5. The van der Waals surface area contributed by atoms with Crippen molar-refractivity contribution in [3.05, 3.63) is 29.3 Å². The molecule has 1 aromatic carbocycles. The SMILES string of the molecule is COc1ccc(C(C)(C)C)cc1C(=O)CCN1CCCC(C)C1. The van der Waals surface area contributed by atoms with Crippen LogP contribution >= 0.6 is 0 Å². The Labute approximate surface area is 141 Å². The fourth-order valence-electron chi connectivity index (χ4n) is 3.28. The van der Waals surface area contributed by atoms with E-state index in [2.05, 4.69) is 38.7 Å². The van der Waals surface area contributed by atoms with Crippen LogP contribution in [0.25, 0.3) is 0 Å². The number of ketones is 1. The summed E-state index contributed by atoms with van der Waals surface area (Å²) in [6.45, 7) is 11.9. The van der Waals surface area contributed by atoms with Gasteiger partial charge in [-0.05, 0) is 48.4 Å². The van der Waals surface area contributed by atoms with Gasteiger partial charge in [0.05, 0.1) is 12.7 Å². The van der Waals surface area contributed by atoms with Crippen LogP contribution in [0.4, 0.5) is 0 Å². The van der Waals surface area contributed by atoms with Crippen LogP contribution in [0, 0.1) is 5.92 Å². The number of nitrogens with zero attached hydrogens (tertiary/aromatic N) is 1. The van der Waals surface area contributed by atoms with Gasteiger partial charge in [-0.1, -0.05) is 33.8 Å². The zero-order valence-corrected chi connectivity index (χ0v) is 15.3. The van der Waals surface area contributed by atoms with Gasteiger partial charge < -0.3 is 9.64 Å². The zero-order valence-electron chi connectivity index (χ0n) is 15.3. The first-order chi connectivity index (χ1) is 10.8. The maximum atomic E-state index is 12.7. The van der Waals surface area contributed by atoms with Crippen molar-refractivity contribution < 1.29 is 9.53 Å². The first-order valence-corrected chi connectivity index (χ1v) is 8.75. The minimum atomic E-state index is 0.0314. The third-order valence-corrected chi connectivity index (χ3v) is 4.76. The maximum absolute atomic E-state index is 12.7. The van der Waals surface area contributed by atoms with Gasteiger partial charge in [0.1, 0.15) is 5.75 Å². The molecule has 0 radical (unpaired) electrons. The van der Waals surface area contributed by atoms with Crippen LogP contribution in [0.15, 0.2) is 18.2 Å². The molecule has 0 aromatic heterocycles. The summed E-state index contributed by atoms with van der Waals surface area (Å²) < 4.78 is 5.41. The lowest BCUT2D eigenvalue weighted by Gasteiger charge is -2.30. The predicted molar refractivity (Wildman–Crippen MR) is 95.5 cm³/mol. The molecule has 1 aromatic rings. The Morgan fingerprint density at radius 3 is 2.70 bits per heavy atom. The number of carbonyl (C=O) groups excluding carboxylic acids is 1. The zero-order chi connectivity index (χ0) is 17.0. The minimum absolute atomic E-state index is 0.0314. The highest BCUT2D eigenvalue weighted by Crippen LogP contribution is 2.29. The molecule has 0 aliphatic carbocycles. The predicted octanol–water partition coefficient (Wildman–Crippen LogP) is 4.30. The Balaban J connectivity index is 2.08. The standard InChI is InChI=1S/C20H31NO2/c1-15-7-6-11-21(14-15)12-10-18(22)17-13-16(20(2,3)4)8-9-19(17)23-5/h8-9,13,15H,6-7,10-12,14H2,1-5H3. The van der Waals surface area contributed by atoms with Crippen LogP contribution < -0.4 is 4.74 Å². The smallest absolute Gasteiger partial charge is 0.167 e. The molecule has 1 unspecified atom stereocenters. The van der Waals surface area contributed by atoms with Crippen molar-refractivity contribution in [1.82, 2.24) is 4.90 Å². The van der Waals surface area contributed by atoms with E-state index in [1.165, 1.54) is 18.4 Å². The fraction of sp³-hybridized carbons (Fsp3) is 0.650. The first kappa shape index (κ1) is 18.0. The topological polar surface area (TPSA) is 29.5 Å². The molecule has 128 valence electrons. The van der Waals surface area contributed by atoms with E-state index in [-0.39, 0.29) is 11.2 Å². The number of methoxy groups -OCH3 is 1. The molecule has 1 aliphatic rings. The Bertz CT molecular complexity index is 545. The van der Waals surface area contributed by atoms with Gasteiger partial charge in [0.15, 0.2) is 5.78 Å². The van der Waals surface area contributed by atoms with Gasteiger partial charge in [-0.15, -0.1) is 0 Å². The summed E-state index contributed by atoms with van der Waals surface area (Å²) in [6, 6.07) is 6.00. The second-order valence-electron chi connectivity index (χ2n) is 7.89. The van der Waals surface area contributed by atoms with E-state index in [0.717, 1.165) is 31.1 Å². The van der Waals surface area contributed by atoms with Crippen molar-refractivity contribution in [2.75, 3.05) is 26.7 Å². The van der Waals surface area contributed by atoms with E-state index in [9.17, 15) is 4.79 Å². The number of benzene rings is 1. The molecule has 0 spiro atoms. The molecule has 3 nitrogen and oxygen atoms in total. The normalized spacial score (nSPS) is 19.6. The first-order valence-electron chi connectivity index (χ1n) is 8.75. The lowest BCUT2D eigenvalue weighted by atomic mass is 9.85. The average molecular weight is 317 g/mol. The fourth-order valence-corrected chi connectivity index (χ4v) is 3.28. The second kappa shape index (κ2) is 7.48. The third kappa shape index (κ3) is 4.81. The van der Waals surface area contributed by atoms with Crippen LogP contribution in [-0.2, 0) is 5.41 Å². The molecule has 0 saturated carbocycles. The van der Waals surface area contributed by atoms with Crippen LogP contribution in [0.2, 0.25) is 0 Å². The molecule has 3 heteroatoms. The number of hydrogen-bond acceptors (Lipinski definition) is 3. The van der Waals surface area contributed by atoms with Crippen molar-refractivity contribution >= 4 is 5.78 Å². The monoisotopic (exact) mass is 317 g/mol. The number of carbonyl (C=O) groups is 1. The van der Waals surface area contributed by atoms with E-state index in [1.807, 2.05) is 12.1 Å². The highest BCUT2D eigenvalue weighted by atomic mass is 16.5. The number of hydrogen-bond donors (Lipinski definition) is 0. The van der Waals surface area contributed by atoms with E-state index in [4.69, 9.17) is 4.74 Å². The summed E-state index contributed by atoms with van der Waals surface area (Å²) in [5.41, 5.74) is 1.93. The van der Waals surface area contributed by atoms with Crippen LogP contribution in [-0.4, -0.2) is 37.4 Å². The summed E-state index contributed by atoms with van der Waals surface area (Å²) in [5.74, 6) is 1.62. The number of piperidine rings is 1. The van der Waals surface area contributed by atoms with Crippen molar-refractivity contribution in [3.8, 4) is 5.75 Å². The summed E-state index contributed by atoms with van der Waals surface area (Å²) in [6.07, 6.45) is 3.13. The van der Waals surface area contributed by atoms with Crippen LogP contribution in [0.5, 0.6) is 5.75 Å². The van der Waals surface area contributed by atoms with Gasteiger partial charge in [-0.2, -0.15) is 0 Å². The number of Topliss-reactive ketones (excluding diaryl/α,β-unsaturated/α-hetero) is 1. The Morgan fingerprint density at radius 2 is 2.09 bits per heavy atom. The van der Waals surface area contributed by atoms with Crippen molar-refractivity contribution in [1.29, 1.82) is 0 Å². The molecule has 0 bridgehead atoms. The molecule has 23 heavy (non-hydrogen) atoms. The summed E-state index contributed by atoms with van der Waals surface area (Å²) in [4.78, 5) is 15.1. The Morgan fingerprint density at radius 1 is 1.35 bits per heavy atom. The highest BCUT2D eigenvalue weighted by molar-refractivity contribution is 5.99. The largest absolute Gasteiger partial charge is 0.496 e. The lowest BCUT2D eigenvalue weighted by molar-refractivity contribution is 0.0946. The van der Waals surface area contributed by atoms with E-state index < -0.39 is 0 Å². The molecule has 1 saturated heterocycles. The van der Waals surface area contributed by atoms with E-state index in [0.29, 0.717) is 12.2 Å². The van der Waals surface area contributed by atoms with Gasteiger partial charge in [0.25, 0.3) is 0 Å². The molecule has 1 heterocycles. The van der Waals surface area contributed by atoms with Crippen molar-refractivity contribution in [3.63, 3.8) is 0 Å². The molecule has 1 atom stereocenters.